The molecule has 6 heteroatoms. The quantitative estimate of drug-likeness (QED) is 0.592. The molecule has 0 atom stereocenters. The number of phenols is 1. The lowest BCUT2D eigenvalue weighted by atomic mass is 10.1. The van der Waals surface area contributed by atoms with Crippen LogP contribution in [0.1, 0.15) is 31.2 Å². The molecule has 132 valence electrons. The summed E-state index contributed by atoms with van der Waals surface area (Å²) in [6.07, 6.45) is 0. The van der Waals surface area contributed by atoms with E-state index in [2.05, 4.69) is 10.6 Å². The number of aromatic hydroxyl groups is 1. The third kappa shape index (κ3) is 3.75. The summed E-state index contributed by atoms with van der Waals surface area (Å²) >= 11 is 1.37. The van der Waals surface area contributed by atoms with Crippen LogP contribution >= 0.6 is 11.3 Å². The topological polar surface area (TPSA) is 78.4 Å². The molecule has 0 spiro atoms. The average molecular weight is 366 g/mol. The number of thiophene rings is 1. The van der Waals surface area contributed by atoms with Gasteiger partial charge in [0, 0.05) is 16.1 Å². The summed E-state index contributed by atoms with van der Waals surface area (Å²) in [4.78, 5) is 26.2. The van der Waals surface area contributed by atoms with Gasteiger partial charge in [0.2, 0.25) is 0 Å². The van der Waals surface area contributed by atoms with E-state index in [1.807, 2.05) is 19.9 Å². The van der Waals surface area contributed by atoms with E-state index >= 15 is 0 Å². The fraction of sp³-hybridized carbons (Fsp3) is 0.100. The summed E-state index contributed by atoms with van der Waals surface area (Å²) in [5.41, 5.74) is 2.37. The summed E-state index contributed by atoms with van der Waals surface area (Å²) in [6.45, 7) is 3.77. The second-order valence-corrected chi connectivity index (χ2v) is 7.03. The van der Waals surface area contributed by atoms with Gasteiger partial charge in [-0.2, -0.15) is 0 Å². The highest BCUT2D eigenvalue weighted by atomic mass is 32.1. The van der Waals surface area contributed by atoms with Gasteiger partial charge in [-0.15, -0.1) is 11.3 Å². The van der Waals surface area contributed by atoms with Crippen LogP contribution in [0.25, 0.3) is 0 Å². The molecule has 3 rings (SSSR count). The van der Waals surface area contributed by atoms with E-state index in [-0.39, 0.29) is 17.6 Å². The number of phenolic OH excluding ortho intramolecular Hbond substituents is 1. The van der Waals surface area contributed by atoms with Crippen LogP contribution in [-0.4, -0.2) is 16.9 Å². The van der Waals surface area contributed by atoms with Crippen molar-refractivity contribution in [2.45, 2.75) is 13.8 Å². The lowest BCUT2D eigenvalue weighted by molar-refractivity contribution is 0.102. The highest BCUT2D eigenvalue weighted by molar-refractivity contribution is 7.16. The zero-order chi connectivity index (χ0) is 18.7. The van der Waals surface area contributed by atoms with Crippen LogP contribution in [0.2, 0.25) is 0 Å². The number of hydrogen-bond acceptors (Lipinski definition) is 4. The minimum absolute atomic E-state index is 0.126. The van der Waals surface area contributed by atoms with Crippen LogP contribution in [0.3, 0.4) is 0 Å². The number of aryl methyl sites for hydroxylation is 1. The van der Waals surface area contributed by atoms with Crippen molar-refractivity contribution in [2.75, 3.05) is 10.6 Å². The molecule has 0 saturated carbocycles. The molecule has 3 aromatic rings. The maximum absolute atomic E-state index is 12.8. The second-order valence-electron chi connectivity index (χ2n) is 5.81. The predicted octanol–water partition coefficient (Wildman–Crippen LogP) is 4.58. The third-order valence-electron chi connectivity index (χ3n) is 4.00. The first-order valence-electron chi connectivity index (χ1n) is 8.02. The van der Waals surface area contributed by atoms with Gasteiger partial charge in [0.1, 0.15) is 10.8 Å². The molecule has 0 unspecified atom stereocenters. The number of anilines is 2. The highest BCUT2D eigenvalue weighted by Crippen LogP contribution is 2.33. The smallest absolute Gasteiger partial charge is 0.258 e. The van der Waals surface area contributed by atoms with E-state index in [1.165, 1.54) is 23.5 Å². The monoisotopic (exact) mass is 366 g/mol. The standard InChI is InChI=1S/C20H18N2O3S/c1-12-13(2)26-20(22-18(24)14-6-4-3-5-7-14)17(12)19(25)21-15-8-10-16(23)11-9-15/h3-11,23H,1-2H3,(H,21,25)(H,22,24). The zero-order valence-corrected chi connectivity index (χ0v) is 15.2. The SMILES string of the molecule is Cc1sc(NC(=O)c2ccccc2)c(C(=O)Nc2ccc(O)cc2)c1C. The molecule has 0 radical (unpaired) electrons. The zero-order valence-electron chi connectivity index (χ0n) is 14.4. The predicted molar refractivity (Wildman–Crippen MR) is 104 cm³/mol. The molecule has 5 nitrogen and oxygen atoms in total. The van der Waals surface area contributed by atoms with E-state index in [1.54, 1.807) is 36.4 Å². The van der Waals surface area contributed by atoms with Crippen LogP contribution < -0.4 is 10.6 Å². The van der Waals surface area contributed by atoms with E-state index in [9.17, 15) is 14.7 Å². The number of nitrogens with one attached hydrogen (secondary N) is 2. The number of hydrogen-bond donors (Lipinski definition) is 3. The summed E-state index contributed by atoms with van der Waals surface area (Å²) in [5, 5.41) is 15.5. The van der Waals surface area contributed by atoms with Crippen molar-refractivity contribution in [3.8, 4) is 5.75 Å². The van der Waals surface area contributed by atoms with Crippen molar-refractivity contribution >= 4 is 33.8 Å². The highest BCUT2D eigenvalue weighted by Gasteiger charge is 2.21. The Hall–Kier alpha value is -3.12. The number of benzene rings is 2. The molecule has 1 aromatic heterocycles. The maximum atomic E-state index is 12.8. The fourth-order valence-electron chi connectivity index (χ4n) is 2.49. The van der Waals surface area contributed by atoms with Crippen molar-refractivity contribution in [2.24, 2.45) is 0 Å². The van der Waals surface area contributed by atoms with Gasteiger partial charge in [-0.3, -0.25) is 9.59 Å². The second kappa shape index (κ2) is 7.41. The molecule has 2 amide bonds. The minimum Gasteiger partial charge on any atom is -0.508 e. The van der Waals surface area contributed by atoms with Gasteiger partial charge in [-0.1, -0.05) is 18.2 Å². The van der Waals surface area contributed by atoms with Crippen molar-refractivity contribution in [1.29, 1.82) is 0 Å². The summed E-state index contributed by atoms with van der Waals surface area (Å²) in [7, 11) is 0. The molecule has 0 aliphatic rings. The van der Waals surface area contributed by atoms with Gasteiger partial charge in [-0.05, 0) is 55.8 Å². The number of amides is 2. The molecule has 2 aromatic carbocycles. The molecule has 0 fully saturated rings. The van der Waals surface area contributed by atoms with Crippen LogP contribution in [0.4, 0.5) is 10.7 Å². The minimum atomic E-state index is -0.305. The summed E-state index contributed by atoms with van der Waals surface area (Å²) < 4.78 is 0. The Morgan fingerprint density at radius 3 is 2.19 bits per heavy atom. The van der Waals surface area contributed by atoms with Gasteiger partial charge in [-0.25, -0.2) is 0 Å². The molecular weight excluding hydrogens is 348 g/mol. The van der Waals surface area contributed by atoms with E-state index in [4.69, 9.17) is 0 Å². The van der Waals surface area contributed by atoms with Gasteiger partial charge >= 0.3 is 0 Å². The van der Waals surface area contributed by atoms with Crippen LogP contribution in [0, 0.1) is 13.8 Å². The van der Waals surface area contributed by atoms with Crippen molar-refractivity contribution in [3.05, 3.63) is 76.2 Å². The van der Waals surface area contributed by atoms with Crippen LogP contribution in [0.5, 0.6) is 5.75 Å². The Labute approximate surface area is 155 Å². The molecule has 0 bridgehead atoms. The van der Waals surface area contributed by atoms with E-state index < -0.39 is 0 Å². The first-order chi connectivity index (χ1) is 12.5. The maximum Gasteiger partial charge on any atom is 0.258 e. The summed E-state index contributed by atoms with van der Waals surface area (Å²) in [5.74, 6) is -0.437. The lowest BCUT2D eigenvalue weighted by Crippen LogP contribution is -2.17. The van der Waals surface area contributed by atoms with Gasteiger partial charge in [0.25, 0.3) is 11.8 Å². The third-order valence-corrected chi connectivity index (χ3v) is 5.12. The first kappa shape index (κ1) is 17.7. The van der Waals surface area contributed by atoms with Crippen LogP contribution in [-0.2, 0) is 0 Å². The van der Waals surface area contributed by atoms with Crippen LogP contribution in [0.15, 0.2) is 54.6 Å². The van der Waals surface area contributed by atoms with Gasteiger partial charge in [0.05, 0.1) is 5.56 Å². The Morgan fingerprint density at radius 1 is 0.885 bits per heavy atom. The average Bonchev–Trinajstić information content (AvgIpc) is 2.91. The Balaban J connectivity index is 1.86. The number of carbonyl (C=O) groups excluding carboxylic acids is 2. The molecule has 0 saturated heterocycles. The Bertz CT molecular complexity index is 947. The largest absolute Gasteiger partial charge is 0.508 e. The normalized spacial score (nSPS) is 10.4. The Kier molecular flexibility index (Phi) is 5.04. The van der Waals surface area contributed by atoms with Crippen molar-refractivity contribution in [1.82, 2.24) is 0 Å². The number of carbonyl (C=O) groups is 2. The Morgan fingerprint density at radius 2 is 1.54 bits per heavy atom. The molecule has 26 heavy (non-hydrogen) atoms. The van der Waals surface area contributed by atoms with Crippen molar-refractivity contribution < 1.29 is 14.7 Å². The first-order valence-corrected chi connectivity index (χ1v) is 8.84. The molecule has 0 aliphatic carbocycles. The number of rotatable bonds is 4. The van der Waals surface area contributed by atoms with Gasteiger partial charge < -0.3 is 15.7 Å². The molecular formula is C20H18N2O3S. The van der Waals surface area contributed by atoms with E-state index in [0.29, 0.717) is 21.8 Å². The summed E-state index contributed by atoms with van der Waals surface area (Å²) in [6, 6.07) is 15.1. The van der Waals surface area contributed by atoms with Gasteiger partial charge in [0.15, 0.2) is 0 Å². The van der Waals surface area contributed by atoms with E-state index in [0.717, 1.165) is 10.4 Å². The fourth-order valence-corrected chi connectivity index (χ4v) is 3.54. The van der Waals surface area contributed by atoms with Crippen molar-refractivity contribution in [3.63, 3.8) is 0 Å². The molecule has 3 N–H and O–H groups in total. The molecule has 1 heterocycles. The lowest BCUT2D eigenvalue weighted by Gasteiger charge is -2.09. The molecule has 0 aliphatic heterocycles.